The van der Waals surface area contributed by atoms with Crippen LogP contribution in [0.4, 0.5) is 5.82 Å². The molecule has 1 saturated heterocycles. The first-order valence-electron chi connectivity index (χ1n) is 11.1. The first-order valence-corrected chi connectivity index (χ1v) is 11.8. The van der Waals surface area contributed by atoms with E-state index >= 15 is 0 Å². The second kappa shape index (κ2) is 9.25. The van der Waals surface area contributed by atoms with Crippen LogP contribution in [-0.2, 0) is 0 Å². The number of nitrogens with two attached hydrogens (primary N) is 1. The third-order valence-electron chi connectivity index (χ3n) is 6.15. The Morgan fingerprint density at radius 3 is 2.73 bits per heavy atom. The minimum atomic E-state index is -0.405. The van der Waals surface area contributed by atoms with Crippen molar-refractivity contribution in [1.29, 1.82) is 0 Å². The molecular weight excluding hydrogens is 461 g/mol. The van der Waals surface area contributed by atoms with Crippen LogP contribution in [0.1, 0.15) is 43.9 Å². The van der Waals surface area contributed by atoms with Gasteiger partial charge in [0.15, 0.2) is 11.4 Å². The highest BCUT2D eigenvalue weighted by Crippen LogP contribution is 2.42. The fourth-order valence-electron chi connectivity index (χ4n) is 4.37. The maximum Gasteiger partial charge on any atom is 0.205 e. The Bertz CT molecular complexity index is 1260. The standard InChI is InChI=1S/C24H25Cl2N5O2/c1-2-20(21-18(25)4-3-5-19(21)26)33-23-22-16(11-29-24(23)27)17(13-32-22)14-10-30-31(12-14)15-6-8-28-9-7-15/h3-5,10-13,15,20,28H,2,6-9H2,1H3,(H2,27,29). The Labute approximate surface area is 201 Å². The predicted molar refractivity (Wildman–Crippen MR) is 131 cm³/mol. The lowest BCUT2D eigenvalue weighted by molar-refractivity contribution is 0.202. The number of furan rings is 1. The van der Waals surface area contributed by atoms with Gasteiger partial charge >= 0.3 is 0 Å². The zero-order valence-corrected chi connectivity index (χ0v) is 19.7. The number of rotatable bonds is 6. The Morgan fingerprint density at radius 1 is 1.24 bits per heavy atom. The predicted octanol–water partition coefficient (Wildman–Crippen LogP) is 6.03. The van der Waals surface area contributed by atoms with Gasteiger partial charge in [0, 0.05) is 39.1 Å². The molecule has 33 heavy (non-hydrogen) atoms. The number of aromatic nitrogens is 3. The van der Waals surface area contributed by atoms with E-state index in [9.17, 15) is 0 Å². The molecule has 1 fully saturated rings. The molecule has 1 aliphatic heterocycles. The summed E-state index contributed by atoms with van der Waals surface area (Å²) in [5.41, 5.74) is 9.32. The molecule has 0 bridgehead atoms. The highest BCUT2D eigenvalue weighted by Gasteiger charge is 2.24. The van der Waals surface area contributed by atoms with Gasteiger partial charge in [-0.3, -0.25) is 4.68 Å². The van der Waals surface area contributed by atoms with Crippen LogP contribution in [0.2, 0.25) is 10.0 Å². The van der Waals surface area contributed by atoms with Crippen LogP contribution in [0.5, 0.6) is 5.75 Å². The van der Waals surface area contributed by atoms with Gasteiger partial charge in [0.2, 0.25) is 5.75 Å². The van der Waals surface area contributed by atoms with Crippen LogP contribution in [0.3, 0.4) is 0 Å². The lowest BCUT2D eigenvalue weighted by Gasteiger charge is -2.22. The molecule has 1 unspecified atom stereocenters. The quantitative estimate of drug-likeness (QED) is 0.346. The highest BCUT2D eigenvalue weighted by molar-refractivity contribution is 6.36. The molecular formula is C24H25Cl2N5O2. The fourth-order valence-corrected chi connectivity index (χ4v) is 5.01. The summed E-state index contributed by atoms with van der Waals surface area (Å²) in [6.45, 7) is 4.01. The van der Waals surface area contributed by atoms with Gasteiger partial charge in [0.25, 0.3) is 0 Å². The summed E-state index contributed by atoms with van der Waals surface area (Å²) in [6.07, 6.45) is 9.69. The number of benzene rings is 1. The number of ether oxygens (including phenoxy) is 1. The Morgan fingerprint density at radius 2 is 2.00 bits per heavy atom. The third-order valence-corrected chi connectivity index (χ3v) is 6.81. The topological polar surface area (TPSA) is 91.1 Å². The molecule has 4 aromatic rings. The van der Waals surface area contributed by atoms with Gasteiger partial charge in [0.05, 0.1) is 17.6 Å². The summed E-state index contributed by atoms with van der Waals surface area (Å²) in [7, 11) is 0. The summed E-state index contributed by atoms with van der Waals surface area (Å²) < 4.78 is 14.3. The lowest BCUT2D eigenvalue weighted by Crippen LogP contribution is -2.29. The summed E-state index contributed by atoms with van der Waals surface area (Å²) in [6, 6.07) is 5.79. The second-order valence-electron chi connectivity index (χ2n) is 8.21. The molecule has 1 atom stereocenters. The molecule has 0 amide bonds. The molecule has 0 spiro atoms. The van der Waals surface area contributed by atoms with E-state index in [2.05, 4.69) is 21.6 Å². The summed E-state index contributed by atoms with van der Waals surface area (Å²) >= 11 is 12.9. The molecule has 0 aliphatic carbocycles. The average Bonchev–Trinajstić information content (AvgIpc) is 3.47. The van der Waals surface area contributed by atoms with Crippen molar-refractivity contribution in [3.8, 4) is 16.9 Å². The molecule has 3 N–H and O–H groups in total. The Hall–Kier alpha value is -2.74. The first kappa shape index (κ1) is 22.1. The molecule has 1 aliphatic rings. The van der Waals surface area contributed by atoms with Crippen molar-refractivity contribution >= 4 is 40.0 Å². The molecule has 7 nitrogen and oxygen atoms in total. The van der Waals surface area contributed by atoms with E-state index in [1.54, 1.807) is 30.7 Å². The number of anilines is 1. The zero-order chi connectivity index (χ0) is 22.9. The molecule has 1 aromatic carbocycles. The minimum Gasteiger partial charge on any atom is -0.478 e. The Kier molecular flexibility index (Phi) is 6.19. The van der Waals surface area contributed by atoms with Gasteiger partial charge in [-0.25, -0.2) is 4.98 Å². The van der Waals surface area contributed by atoms with E-state index < -0.39 is 6.10 Å². The monoisotopic (exact) mass is 485 g/mol. The Balaban J connectivity index is 1.50. The van der Waals surface area contributed by atoms with Crippen molar-refractivity contribution in [2.45, 2.75) is 38.3 Å². The summed E-state index contributed by atoms with van der Waals surface area (Å²) in [5.74, 6) is 0.628. The van der Waals surface area contributed by atoms with Crippen LogP contribution in [-0.4, -0.2) is 27.9 Å². The minimum absolute atomic E-state index is 0.246. The van der Waals surface area contributed by atoms with E-state index in [-0.39, 0.29) is 5.82 Å². The van der Waals surface area contributed by atoms with Gasteiger partial charge in [-0.2, -0.15) is 5.10 Å². The van der Waals surface area contributed by atoms with Crippen LogP contribution < -0.4 is 15.8 Å². The van der Waals surface area contributed by atoms with Crippen LogP contribution in [0.25, 0.3) is 22.1 Å². The average molecular weight is 486 g/mol. The number of pyridine rings is 1. The maximum absolute atomic E-state index is 6.43. The van der Waals surface area contributed by atoms with E-state index in [1.165, 1.54) is 0 Å². The molecule has 9 heteroatoms. The van der Waals surface area contributed by atoms with Crippen LogP contribution >= 0.6 is 23.2 Å². The van der Waals surface area contributed by atoms with Gasteiger partial charge < -0.3 is 20.2 Å². The first-order chi connectivity index (χ1) is 16.1. The molecule has 0 saturated carbocycles. The smallest absolute Gasteiger partial charge is 0.205 e. The zero-order valence-electron chi connectivity index (χ0n) is 18.2. The second-order valence-corrected chi connectivity index (χ2v) is 9.02. The number of nitrogen functional groups attached to an aromatic ring is 1. The SMILES string of the molecule is CCC(Oc1c(N)ncc2c(-c3cnn(C4CCNCC4)c3)coc12)c1c(Cl)cccc1Cl. The molecule has 172 valence electrons. The highest BCUT2D eigenvalue weighted by atomic mass is 35.5. The lowest BCUT2D eigenvalue weighted by atomic mass is 10.1. The van der Waals surface area contributed by atoms with Crippen LogP contribution in [0, 0.1) is 0 Å². The van der Waals surface area contributed by atoms with Crippen molar-refractivity contribution < 1.29 is 9.15 Å². The largest absolute Gasteiger partial charge is 0.478 e. The van der Waals surface area contributed by atoms with Crippen molar-refractivity contribution in [3.63, 3.8) is 0 Å². The van der Waals surface area contributed by atoms with Crippen molar-refractivity contribution in [1.82, 2.24) is 20.1 Å². The van der Waals surface area contributed by atoms with E-state index in [0.29, 0.717) is 33.8 Å². The third kappa shape index (κ3) is 4.16. The maximum atomic E-state index is 6.43. The van der Waals surface area contributed by atoms with E-state index in [0.717, 1.165) is 48.0 Å². The molecule has 3 aromatic heterocycles. The van der Waals surface area contributed by atoms with E-state index in [1.807, 2.05) is 17.8 Å². The van der Waals surface area contributed by atoms with Crippen LogP contribution in [0.15, 0.2) is 47.5 Å². The summed E-state index contributed by atoms with van der Waals surface area (Å²) in [4.78, 5) is 4.38. The van der Waals surface area contributed by atoms with Gasteiger partial charge in [0.1, 0.15) is 12.4 Å². The van der Waals surface area contributed by atoms with Crippen molar-refractivity contribution in [2.24, 2.45) is 0 Å². The number of nitrogens with one attached hydrogen (secondary N) is 1. The van der Waals surface area contributed by atoms with Gasteiger partial charge in [-0.1, -0.05) is 36.2 Å². The van der Waals surface area contributed by atoms with Gasteiger partial charge in [-0.05, 0) is 44.5 Å². The fraction of sp³-hybridized carbons (Fsp3) is 0.333. The molecule has 5 rings (SSSR count). The van der Waals surface area contributed by atoms with Crippen molar-refractivity contribution in [3.05, 3.63) is 58.7 Å². The normalized spacial score (nSPS) is 15.7. The number of hydrogen-bond acceptors (Lipinski definition) is 6. The van der Waals surface area contributed by atoms with E-state index in [4.69, 9.17) is 38.1 Å². The van der Waals surface area contributed by atoms with Crippen molar-refractivity contribution in [2.75, 3.05) is 18.8 Å². The number of hydrogen-bond donors (Lipinski definition) is 2. The number of piperidine rings is 1. The summed E-state index contributed by atoms with van der Waals surface area (Å²) in [5, 5.41) is 9.88. The van der Waals surface area contributed by atoms with Gasteiger partial charge in [-0.15, -0.1) is 0 Å². The molecule has 4 heterocycles. The number of halogens is 2. The molecule has 0 radical (unpaired) electrons. The number of nitrogens with zero attached hydrogens (tertiary/aromatic N) is 3. The number of fused-ring (bicyclic) bond motifs is 1.